The van der Waals surface area contributed by atoms with Gasteiger partial charge in [-0.3, -0.25) is 0 Å². The largest absolute Gasteiger partial charge is 0.494 e. The van der Waals surface area contributed by atoms with Gasteiger partial charge in [0.25, 0.3) is 0 Å². The molecule has 0 spiro atoms. The summed E-state index contributed by atoms with van der Waals surface area (Å²) in [5, 5.41) is 0. The third-order valence-electron chi connectivity index (χ3n) is 2.88. The van der Waals surface area contributed by atoms with E-state index in [4.69, 9.17) is 16.3 Å². The van der Waals surface area contributed by atoms with Gasteiger partial charge in [0.15, 0.2) is 0 Å². The van der Waals surface area contributed by atoms with E-state index in [1.807, 2.05) is 6.92 Å². The lowest BCUT2D eigenvalue weighted by Gasteiger charge is -2.16. The zero-order chi connectivity index (χ0) is 12.0. The van der Waals surface area contributed by atoms with Crippen LogP contribution in [-0.4, -0.2) is 12.5 Å². The van der Waals surface area contributed by atoms with Gasteiger partial charge in [0.2, 0.25) is 0 Å². The van der Waals surface area contributed by atoms with Gasteiger partial charge in [-0.2, -0.15) is 0 Å². The Bertz CT molecular complexity index is 323. The van der Waals surface area contributed by atoms with E-state index in [0.717, 1.165) is 31.1 Å². The molecule has 0 aliphatic rings. The summed E-state index contributed by atoms with van der Waals surface area (Å²) >= 11 is 5.80. The van der Waals surface area contributed by atoms with Crippen LogP contribution in [0.15, 0.2) is 18.2 Å². The second kappa shape index (κ2) is 6.80. The van der Waals surface area contributed by atoms with Crippen molar-refractivity contribution in [2.24, 2.45) is 0 Å². The third kappa shape index (κ3) is 3.41. The Labute approximate surface area is 104 Å². The van der Waals surface area contributed by atoms with Crippen LogP contribution < -0.4 is 4.74 Å². The molecule has 1 nitrogen and oxygen atoms in total. The Morgan fingerprint density at radius 2 is 2.06 bits per heavy atom. The van der Waals surface area contributed by atoms with E-state index in [1.54, 1.807) is 0 Å². The van der Waals surface area contributed by atoms with E-state index < -0.39 is 0 Å². The molecule has 1 rings (SSSR count). The quantitative estimate of drug-likeness (QED) is 0.671. The van der Waals surface area contributed by atoms with Crippen LogP contribution >= 0.6 is 11.6 Å². The number of aryl methyl sites for hydroxylation is 1. The average Bonchev–Trinajstić information content (AvgIpc) is 2.29. The van der Waals surface area contributed by atoms with Gasteiger partial charge in [0.1, 0.15) is 5.75 Å². The molecule has 1 aromatic rings. The fraction of sp³-hybridized carbons (Fsp3) is 0.571. The molecular formula is C14H21ClO. The van der Waals surface area contributed by atoms with Gasteiger partial charge in [-0.15, -0.1) is 11.6 Å². The fourth-order valence-corrected chi connectivity index (χ4v) is 2.27. The summed E-state index contributed by atoms with van der Waals surface area (Å²) in [6.45, 7) is 7.15. The molecule has 90 valence electrons. The highest BCUT2D eigenvalue weighted by molar-refractivity contribution is 6.17. The molecule has 0 amide bonds. The van der Waals surface area contributed by atoms with Gasteiger partial charge in [-0.05, 0) is 48.9 Å². The smallest absolute Gasteiger partial charge is 0.119 e. The molecule has 0 aliphatic heterocycles. The van der Waals surface area contributed by atoms with Crippen molar-refractivity contribution in [2.45, 2.75) is 39.5 Å². The van der Waals surface area contributed by atoms with Crippen LogP contribution in [0.5, 0.6) is 5.75 Å². The number of rotatable bonds is 6. The van der Waals surface area contributed by atoms with Gasteiger partial charge < -0.3 is 4.74 Å². The molecule has 0 aliphatic carbocycles. The molecule has 0 radical (unpaired) electrons. The first-order valence-electron chi connectivity index (χ1n) is 6.04. The number of hydrogen-bond donors (Lipinski definition) is 0. The Kier molecular flexibility index (Phi) is 5.68. The topological polar surface area (TPSA) is 9.23 Å². The molecule has 0 saturated heterocycles. The lowest BCUT2D eigenvalue weighted by atomic mass is 9.92. The van der Waals surface area contributed by atoms with Crippen LogP contribution in [0, 0.1) is 0 Å². The monoisotopic (exact) mass is 240 g/mol. The first-order valence-corrected chi connectivity index (χ1v) is 6.57. The van der Waals surface area contributed by atoms with Crippen molar-refractivity contribution in [3.8, 4) is 5.75 Å². The second-order valence-corrected chi connectivity index (χ2v) is 4.40. The number of alkyl halides is 1. The van der Waals surface area contributed by atoms with Gasteiger partial charge in [0, 0.05) is 5.88 Å². The molecule has 16 heavy (non-hydrogen) atoms. The van der Waals surface area contributed by atoms with E-state index in [1.165, 1.54) is 11.1 Å². The molecule has 2 heteroatoms. The van der Waals surface area contributed by atoms with E-state index in [2.05, 4.69) is 32.0 Å². The number of ether oxygens (including phenoxy) is 1. The van der Waals surface area contributed by atoms with E-state index in [9.17, 15) is 0 Å². The van der Waals surface area contributed by atoms with Gasteiger partial charge in [0.05, 0.1) is 6.61 Å². The molecule has 0 aromatic heterocycles. The van der Waals surface area contributed by atoms with Crippen LogP contribution in [0.25, 0.3) is 0 Å². The van der Waals surface area contributed by atoms with Crippen molar-refractivity contribution >= 4 is 11.6 Å². The van der Waals surface area contributed by atoms with Crippen molar-refractivity contribution in [2.75, 3.05) is 12.5 Å². The highest BCUT2D eigenvalue weighted by atomic mass is 35.5. The van der Waals surface area contributed by atoms with E-state index >= 15 is 0 Å². The summed E-state index contributed by atoms with van der Waals surface area (Å²) in [5.41, 5.74) is 2.79. The zero-order valence-electron chi connectivity index (χ0n) is 10.4. The van der Waals surface area contributed by atoms with Crippen molar-refractivity contribution in [3.05, 3.63) is 29.3 Å². The maximum atomic E-state index is 5.80. The van der Waals surface area contributed by atoms with Crippen molar-refractivity contribution in [1.82, 2.24) is 0 Å². The summed E-state index contributed by atoms with van der Waals surface area (Å²) in [4.78, 5) is 0. The standard InChI is InChI=1S/C14H21ClO/c1-4-12-10-13(16-5-2)6-7-14(12)11(3)8-9-15/h6-7,10-11H,4-5,8-9H2,1-3H3. The minimum Gasteiger partial charge on any atom is -0.494 e. The first kappa shape index (κ1) is 13.4. The molecular weight excluding hydrogens is 220 g/mol. The lowest BCUT2D eigenvalue weighted by molar-refractivity contribution is 0.339. The van der Waals surface area contributed by atoms with Crippen LogP contribution in [0.3, 0.4) is 0 Å². The maximum Gasteiger partial charge on any atom is 0.119 e. The van der Waals surface area contributed by atoms with Crippen LogP contribution in [0.2, 0.25) is 0 Å². The molecule has 1 atom stereocenters. The predicted octanol–water partition coefficient (Wildman–Crippen LogP) is 4.38. The first-order chi connectivity index (χ1) is 7.72. The Morgan fingerprint density at radius 3 is 2.62 bits per heavy atom. The van der Waals surface area contributed by atoms with Crippen LogP contribution in [0.4, 0.5) is 0 Å². The maximum absolute atomic E-state index is 5.80. The zero-order valence-corrected chi connectivity index (χ0v) is 11.2. The minimum atomic E-state index is 0.531. The Balaban J connectivity index is 2.92. The van der Waals surface area contributed by atoms with Crippen molar-refractivity contribution in [3.63, 3.8) is 0 Å². The summed E-state index contributed by atoms with van der Waals surface area (Å²) in [6.07, 6.45) is 2.07. The highest BCUT2D eigenvalue weighted by Crippen LogP contribution is 2.27. The number of benzene rings is 1. The fourth-order valence-electron chi connectivity index (χ4n) is 1.94. The molecule has 1 unspecified atom stereocenters. The molecule has 0 fully saturated rings. The number of halogens is 1. The summed E-state index contributed by atoms with van der Waals surface area (Å²) < 4.78 is 5.52. The molecule has 0 saturated carbocycles. The molecule has 1 aromatic carbocycles. The summed E-state index contributed by atoms with van der Waals surface area (Å²) in [5.74, 6) is 2.22. The number of hydrogen-bond acceptors (Lipinski definition) is 1. The lowest BCUT2D eigenvalue weighted by Crippen LogP contribution is -2.01. The average molecular weight is 241 g/mol. The van der Waals surface area contributed by atoms with Gasteiger partial charge >= 0.3 is 0 Å². The molecule has 0 N–H and O–H groups in total. The van der Waals surface area contributed by atoms with Crippen LogP contribution in [0.1, 0.15) is 44.2 Å². The van der Waals surface area contributed by atoms with E-state index in [0.29, 0.717) is 5.92 Å². The van der Waals surface area contributed by atoms with Gasteiger partial charge in [-0.25, -0.2) is 0 Å². The summed E-state index contributed by atoms with van der Waals surface area (Å²) in [6, 6.07) is 6.40. The summed E-state index contributed by atoms with van der Waals surface area (Å²) in [7, 11) is 0. The Morgan fingerprint density at radius 1 is 1.31 bits per heavy atom. The molecule has 0 bridgehead atoms. The van der Waals surface area contributed by atoms with E-state index in [-0.39, 0.29) is 0 Å². The van der Waals surface area contributed by atoms with Gasteiger partial charge in [-0.1, -0.05) is 19.9 Å². The van der Waals surface area contributed by atoms with Crippen molar-refractivity contribution in [1.29, 1.82) is 0 Å². The normalized spacial score (nSPS) is 12.5. The third-order valence-corrected chi connectivity index (χ3v) is 3.10. The SMILES string of the molecule is CCOc1ccc(C(C)CCCl)c(CC)c1. The molecule has 0 heterocycles. The highest BCUT2D eigenvalue weighted by Gasteiger charge is 2.10. The second-order valence-electron chi connectivity index (χ2n) is 4.03. The van der Waals surface area contributed by atoms with Crippen molar-refractivity contribution < 1.29 is 4.74 Å². The van der Waals surface area contributed by atoms with Crippen LogP contribution in [-0.2, 0) is 6.42 Å². The Hall–Kier alpha value is -0.690. The minimum absolute atomic E-state index is 0.531. The predicted molar refractivity (Wildman–Crippen MR) is 70.7 cm³/mol.